The monoisotopic (exact) mass is 1220 g/mol. The highest BCUT2D eigenvalue weighted by Crippen LogP contribution is 2.19. The lowest BCUT2D eigenvalue weighted by atomic mass is 10.0. The van der Waals surface area contributed by atoms with Crippen LogP contribution >= 0.6 is 0 Å². The van der Waals surface area contributed by atoms with Crippen molar-refractivity contribution in [2.75, 3.05) is 47.5 Å². The lowest BCUT2D eigenvalue weighted by Gasteiger charge is -2.26. The van der Waals surface area contributed by atoms with Crippen molar-refractivity contribution in [3.8, 4) is 0 Å². The lowest BCUT2D eigenvalue weighted by molar-refractivity contribution is -0.870. The number of carbonyl (C=O) groups excluding carboxylic acids is 3. The highest BCUT2D eigenvalue weighted by molar-refractivity contribution is 5.70. The Kier molecular flexibility index (Phi) is 66.5. The lowest BCUT2D eigenvalue weighted by Crippen LogP contribution is -2.44. The zero-order chi connectivity index (χ0) is 63.3. The van der Waals surface area contributed by atoms with Crippen LogP contribution in [0.25, 0.3) is 0 Å². The van der Waals surface area contributed by atoms with E-state index in [1.165, 1.54) is 270 Å². The van der Waals surface area contributed by atoms with Gasteiger partial charge < -0.3 is 33.3 Å². The van der Waals surface area contributed by atoms with Gasteiger partial charge in [0, 0.05) is 12.8 Å². The molecule has 9 heteroatoms. The minimum atomic E-state index is -1.62. The van der Waals surface area contributed by atoms with E-state index in [2.05, 4.69) is 74.6 Å². The molecule has 2 unspecified atom stereocenters. The van der Waals surface area contributed by atoms with E-state index in [1.54, 1.807) is 0 Å². The highest BCUT2D eigenvalue weighted by atomic mass is 16.7. The van der Waals surface area contributed by atoms with Crippen molar-refractivity contribution in [2.24, 2.45) is 0 Å². The molecule has 0 aromatic rings. The fraction of sp³-hybridized carbons (Fsp3) is 0.833. The Hall–Kier alpha value is -3.01. The number of nitrogens with zero attached hydrogens (tertiary/aromatic N) is 1. The number of likely N-dealkylation sites (N-methyl/N-ethyl adjacent to an activating group) is 1. The third-order valence-electron chi connectivity index (χ3n) is 16.7. The maximum absolute atomic E-state index is 13.0. The SMILES string of the molecule is CC/C=C\C/C=C\C/C=C\C/C=C\CCCCCCCCCCCCCCCCCCCCC(=O)OC(COC(=O)CCCCCCCCCCCCCCCCCCCCC/C=C\CCCCCCCCCC)COC(OCC[N+](C)(C)C)C(=O)[O-]. The summed E-state index contributed by atoms with van der Waals surface area (Å²) in [6.07, 6.45) is 87.5. The summed E-state index contributed by atoms with van der Waals surface area (Å²) in [6, 6.07) is 0. The first kappa shape index (κ1) is 84.0. The van der Waals surface area contributed by atoms with E-state index in [0.29, 0.717) is 23.9 Å². The smallest absolute Gasteiger partial charge is 0.306 e. The molecule has 9 nitrogen and oxygen atoms in total. The molecule has 0 N–H and O–H groups in total. The number of quaternary nitrogens is 1. The van der Waals surface area contributed by atoms with Gasteiger partial charge in [-0.1, -0.05) is 331 Å². The van der Waals surface area contributed by atoms with E-state index in [0.717, 1.165) is 57.8 Å². The number of rotatable bonds is 70. The van der Waals surface area contributed by atoms with Gasteiger partial charge in [-0.3, -0.25) is 9.59 Å². The number of esters is 2. The van der Waals surface area contributed by atoms with E-state index in [4.69, 9.17) is 18.9 Å². The van der Waals surface area contributed by atoms with Gasteiger partial charge in [-0.2, -0.15) is 0 Å². The molecule has 0 fully saturated rings. The highest BCUT2D eigenvalue weighted by Gasteiger charge is 2.22. The van der Waals surface area contributed by atoms with Gasteiger partial charge in [0.15, 0.2) is 12.4 Å². The van der Waals surface area contributed by atoms with Crippen LogP contribution in [0.3, 0.4) is 0 Å². The number of carboxylic acid groups (broad SMARTS) is 1. The average molecular weight is 1220 g/mol. The molecular formula is C78H143NO8. The molecule has 0 aliphatic carbocycles. The number of carbonyl (C=O) groups is 3. The van der Waals surface area contributed by atoms with Crippen molar-refractivity contribution in [1.29, 1.82) is 0 Å². The van der Waals surface area contributed by atoms with Crippen LogP contribution in [-0.2, 0) is 33.3 Å². The summed E-state index contributed by atoms with van der Waals surface area (Å²) in [5, 5.41) is 11.8. The number of aliphatic carboxylic acids is 1. The molecular weight excluding hydrogens is 1080 g/mol. The molecule has 87 heavy (non-hydrogen) atoms. The van der Waals surface area contributed by atoms with E-state index < -0.39 is 24.3 Å². The number of allylic oxidation sites excluding steroid dienone is 10. The van der Waals surface area contributed by atoms with Crippen LogP contribution in [0.5, 0.6) is 0 Å². The Balaban J connectivity index is 4.03. The molecule has 0 saturated heterocycles. The summed E-state index contributed by atoms with van der Waals surface area (Å²) in [6.45, 7) is 4.70. The largest absolute Gasteiger partial charge is 0.545 e. The number of unbranched alkanes of at least 4 members (excludes halogenated alkanes) is 45. The van der Waals surface area contributed by atoms with E-state index in [-0.39, 0.29) is 32.2 Å². The van der Waals surface area contributed by atoms with Gasteiger partial charge in [-0.15, -0.1) is 0 Å². The fourth-order valence-corrected chi connectivity index (χ4v) is 11.1. The van der Waals surface area contributed by atoms with Gasteiger partial charge in [0.1, 0.15) is 13.2 Å². The van der Waals surface area contributed by atoms with E-state index >= 15 is 0 Å². The summed E-state index contributed by atoms with van der Waals surface area (Å²) >= 11 is 0. The third-order valence-corrected chi connectivity index (χ3v) is 16.7. The normalized spacial score (nSPS) is 13.0. The van der Waals surface area contributed by atoms with Crippen LogP contribution in [0.1, 0.15) is 361 Å². The Morgan fingerprint density at radius 1 is 0.356 bits per heavy atom. The Morgan fingerprint density at radius 2 is 0.655 bits per heavy atom. The molecule has 2 atom stereocenters. The minimum absolute atomic E-state index is 0.149. The molecule has 0 bridgehead atoms. The molecule has 0 spiro atoms. The molecule has 0 heterocycles. The summed E-state index contributed by atoms with van der Waals surface area (Å²) in [7, 11) is 5.94. The molecule has 0 aromatic carbocycles. The van der Waals surface area contributed by atoms with Crippen molar-refractivity contribution in [3.63, 3.8) is 0 Å². The predicted octanol–water partition coefficient (Wildman–Crippen LogP) is 22.1. The van der Waals surface area contributed by atoms with Crippen LogP contribution < -0.4 is 5.11 Å². The summed E-state index contributed by atoms with van der Waals surface area (Å²) in [4.78, 5) is 37.6. The second-order valence-corrected chi connectivity index (χ2v) is 26.6. The first-order valence-corrected chi connectivity index (χ1v) is 37.4. The Morgan fingerprint density at radius 3 is 0.989 bits per heavy atom. The number of hydrogen-bond acceptors (Lipinski definition) is 8. The first-order valence-electron chi connectivity index (χ1n) is 37.4. The predicted molar refractivity (Wildman–Crippen MR) is 371 cm³/mol. The van der Waals surface area contributed by atoms with Crippen molar-refractivity contribution in [1.82, 2.24) is 0 Å². The molecule has 0 saturated carbocycles. The third kappa shape index (κ3) is 70.3. The van der Waals surface area contributed by atoms with Crippen molar-refractivity contribution >= 4 is 17.9 Å². The van der Waals surface area contributed by atoms with Gasteiger partial charge in [0.2, 0.25) is 0 Å². The van der Waals surface area contributed by atoms with Gasteiger partial charge in [0.25, 0.3) is 0 Å². The molecule has 0 radical (unpaired) electrons. The van der Waals surface area contributed by atoms with Crippen molar-refractivity contribution in [3.05, 3.63) is 60.8 Å². The zero-order valence-electron chi connectivity index (χ0n) is 58.2. The maximum atomic E-state index is 13.0. The number of carboxylic acids is 1. The fourth-order valence-electron chi connectivity index (χ4n) is 11.1. The molecule has 0 amide bonds. The van der Waals surface area contributed by atoms with Gasteiger partial charge in [0.05, 0.1) is 40.3 Å². The average Bonchev–Trinajstić information content (AvgIpc) is 3.56. The quantitative estimate of drug-likeness (QED) is 0.0195. The van der Waals surface area contributed by atoms with Crippen LogP contribution in [0, 0.1) is 0 Å². The first-order chi connectivity index (χ1) is 42.6. The van der Waals surface area contributed by atoms with Crippen LogP contribution in [0.2, 0.25) is 0 Å². The molecule has 508 valence electrons. The van der Waals surface area contributed by atoms with Gasteiger partial charge in [-0.25, -0.2) is 0 Å². The molecule has 0 rings (SSSR count). The summed E-state index contributed by atoms with van der Waals surface area (Å²) < 4.78 is 22.9. The van der Waals surface area contributed by atoms with Gasteiger partial charge in [-0.05, 0) is 77.0 Å². The zero-order valence-corrected chi connectivity index (χ0v) is 58.2. The minimum Gasteiger partial charge on any atom is -0.545 e. The number of hydrogen-bond donors (Lipinski definition) is 0. The van der Waals surface area contributed by atoms with Crippen molar-refractivity contribution in [2.45, 2.75) is 373 Å². The maximum Gasteiger partial charge on any atom is 0.306 e. The Bertz CT molecular complexity index is 1610. The molecule has 0 aromatic heterocycles. The standard InChI is InChI=1S/C78H143NO8/c1-6-8-10-12-14-16-18-20-22-24-26-28-30-32-34-36-38-40-42-44-46-48-50-52-54-56-58-60-62-64-66-68-75(80)85-72-74(73-86-78(77(82)83)84-71-70-79(3,4)5)87-76(81)69-67-65-63-61-59-57-55-53-51-49-47-45-43-41-39-37-35-33-31-29-27-25-23-21-19-17-15-13-11-9-7-2/h9,11,15,17,21,23-24,26-27,29,74,78H,6-8,10,12-14,16,18-20,22,25,28,30-73H2,1-5H3/b11-9-,17-15-,23-21-,26-24-,29-27-. The topological polar surface area (TPSA) is 111 Å². The van der Waals surface area contributed by atoms with Crippen LogP contribution in [0.15, 0.2) is 60.8 Å². The van der Waals surface area contributed by atoms with Crippen LogP contribution in [0.4, 0.5) is 0 Å². The van der Waals surface area contributed by atoms with Gasteiger partial charge >= 0.3 is 11.9 Å². The molecule has 0 aliphatic heterocycles. The van der Waals surface area contributed by atoms with E-state index in [9.17, 15) is 19.5 Å². The molecule has 0 aliphatic rings. The van der Waals surface area contributed by atoms with Crippen LogP contribution in [-0.4, -0.2) is 82.3 Å². The summed E-state index contributed by atoms with van der Waals surface area (Å²) in [5.41, 5.74) is 0. The summed E-state index contributed by atoms with van der Waals surface area (Å²) in [5.74, 6) is -2.26. The van der Waals surface area contributed by atoms with Crippen molar-refractivity contribution < 1.29 is 42.9 Å². The second kappa shape index (κ2) is 68.9. The number of ether oxygens (including phenoxy) is 4. The second-order valence-electron chi connectivity index (χ2n) is 26.6. The Labute approximate surface area is 539 Å². The van der Waals surface area contributed by atoms with E-state index in [1.807, 2.05) is 21.1 Å².